The van der Waals surface area contributed by atoms with Crippen molar-refractivity contribution in [2.75, 3.05) is 12.3 Å². The van der Waals surface area contributed by atoms with Gasteiger partial charge in [0.25, 0.3) is 5.22 Å². The van der Waals surface area contributed by atoms with Crippen LogP contribution in [0.3, 0.4) is 0 Å². The normalized spacial score (nSPS) is 18.0. The van der Waals surface area contributed by atoms with Crippen LogP contribution in [0.4, 0.5) is 0 Å². The highest BCUT2D eigenvalue weighted by Crippen LogP contribution is 2.42. The second-order valence-electron chi connectivity index (χ2n) is 5.19. The van der Waals surface area contributed by atoms with Crippen LogP contribution in [0.1, 0.15) is 37.6 Å². The summed E-state index contributed by atoms with van der Waals surface area (Å²) in [6.07, 6.45) is 3.33. The maximum atomic E-state index is 9.57. The van der Waals surface area contributed by atoms with E-state index in [9.17, 15) is 5.26 Å². The van der Waals surface area contributed by atoms with Crippen LogP contribution in [-0.2, 0) is 0 Å². The molecule has 4 nitrogen and oxygen atoms in total. The molecule has 0 radical (unpaired) electrons. The van der Waals surface area contributed by atoms with Gasteiger partial charge in [-0.15, -0.1) is 0 Å². The van der Waals surface area contributed by atoms with E-state index in [2.05, 4.69) is 23.3 Å². The zero-order chi connectivity index (χ0) is 13.9. The summed E-state index contributed by atoms with van der Waals surface area (Å²) in [7, 11) is 0. The fraction of sp³-hybridized carbons (Fsp3) is 0.714. The van der Waals surface area contributed by atoms with Crippen LogP contribution in [0, 0.1) is 31.1 Å². The van der Waals surface area contributed by atoms with Crippen molar-refractivity contribution in [3.05, 3.63) is 11.5 Å². The molecule has 0 aromatic carbocycles. The van der Waals surface area contributed by atoms with Gasteiger partial charge >= 0.3 is 0 Å². The van der Waals surface area contributed by atoms with Crippen LogP contribution in [0.2, 0.25) is 0 Å². The number of aryl methyl sites for hydroxylation is 2. The van der Waals surface area contributed by atoms with Crippen LogP contribution in [0.25, 0.3) is 0 Å². The van der Waals surface area contributed by atoms with E-state index < -0.39 is 5.54 Å². The molecule has 0 amide bonds. The first-order valence-corrected chi connectivity index (χ1v) is 7.83. The van der Waals surface area contributed by atoms with E-state index in [-0.39, 0.29) is 0 Å². The molecule has 1 fully saturated rings. The molecule has 1 N–H and O–H groups in total. The fourth-order valence-corrected chi connectivity index (χ4v) is 3.22. The van der Waals surface area contributed by atoms with Crippen LogP contribution in [0.15, 0.2) is 9.64 Å². The quantitative estimate of drug-likeness (QED) is 0.777. The van der Waals surface area contributed by atoms with Crippen molar-refractivity contribution >= 4 is 11.8 Å². The molecule has 5 heteroatoms. The van der Waals surface area contributed by atoms with E-state index in [4.69, 9.17) is 4.42 Å². The Hall–Kier alpha value is -0.990. The average Bonchev–Trinajstić information content (AvgIpc) is 3.19. The third-order valence-electron chi connectivity index (χ3n) is 3.60. The highest BCUT2D eigenvalue weighted by molar-refractivity contribution is 7.99. The summed E-state index contributed by atoms with van der Waals surface area (Å²) in [4.78, 5) is 4.37. The predicted molar refractivity (Wildman–Crippen MR) is 76.1 cm³/mol. The van der Waals surface area contributed by atoms with Crippen molar-refractivity contribution in [2.24, 2.45) is 5.92 Å². The number of oxazole rings is 1. The highest BCUT2D eigenvalue weighted by atomic mass is 32.2. The summed E-state index contributed by atoms with van der Waals surface area (Å²) in [5.74, 6) is 2.04. The Labute approximate surface area is 119 Å². The van der Waals surface area contributed by atoms with Gasteiger partial charge in [-0.3, -0.25) is 5.32 Å². The average molecular weight is 279 g/mol. The van der Waals surface area contributed by atoms with Crippen molar-refractivity contribution < 1.29 is 4.42 Å². The molecule has 1 aliphatic carbocycles. The number of hydrogen-bond acceptors (Lipinski definition) is 5. The monoisotopic (exact) mass is 279 g/mol. The van der Waals surface area contributed by atoms with E-state index in [0.717, 1.165) is 37.3 Å². The molecule has 2 rings (SSSR count). The summed E-state index contributed by atoms with van der Waals surface area (Å²) in [5, 5.41) is 13.7. The molecular weight excluding hydrogens is 258 g/mol. The molecular formula is C14H21N3OS. The van der Waals surface area contributed by atoms with E-state index in [1.807, 2.05) is 13.8 Å². The van der Waals surface area contributed by atoms with E-state index in [1.54, 1.807) is 11.8 Å². The standard InChI is InChI=1S/C14H21N3OS/c1-4-7-16-14(8-15,12-5-6-12)9-19-13-17-10(2)11(3)18-13/h12,16H,4-7,9H2,1-3H3. The Kier molecular flexibility index (Phi) is 4.54. The maximum Gasteiger partial charge on any atom is 0.256 e. The Balaban J connectivity index is 2.02. The molecule has 0 spiro atoms. The number of aromatic nitrogens is 1. The molecule has 19 heavy (non-hydrogen) atoms. The molecule has 1 unspecified atom stereocenters. The van der Waals surface area contributed by atoms with Crippen molar-refractivity contribution in [2.45, 2.75) is 50.8 Å². The minimum absolute atomic E-state index is 0.420. The lowest BCUT2D eigenvalue weighted by molar-refractivity contribution is 0.399. The first-order valence-electron chi connectivity index (χ1n) is 6.84. The molecule has 0 saturated heterocycles. The van der Waals surface area contributed by atoms with Gasteiger partial charge in [0.05, 0.1) is 11.8 Å². The first kappa shape index (κ1) is 14.4. The number of nitriles is 1. The van der Waals surface area contributed by atoms with Crippen LogP contribution < -0.4 is 5.32 Å². The topological polar surface area (TPSA) is 61.9 Å². The molecule has 1 aliphatic rings. The van der Waals surface area contributed by atoms with E-state index >= 15 is 0 Å². The Morgan fingerprint density at radius 2 is 2.26 bits per heavy atom. The lowest BCUT2D eigenvalue weighted by Crippen LogP contribution is -2.48. The van der Waals surface area contributed by atoms with E-state index in [0.29, 0.717) is 16.9 Å². The second-order valence-corrected chi connectivity index (χ2v) is 6.12. The third kappa shape index (κ3) is 3.31. The largest absolute Gasteiger partial charge is 0.437 e. The smallest absolute Gasteiger partial charge is 0.256 e. The SMILES string of the molecule is CCCNC(C#N)(CSc1nc(C)c(C)o1)C1CC1. The molecule has 1 aromatic rings. The van der Waals surface area contributed by atoms with Gasteiger partial charge in [-0.2, -0.15) is 5.26 Å². The van der Waals surface area contributed by atoms with Gasteiger partial charge in [0.1, 0.15) is 11.3 Å². The fourth-order valence-electron chi connectivity index (χ4n) is 2.08. The molecule has 1 atom stereocenters. The van der Waals surface area contributed by atoms with Gasteiger partial charge in [0.2, 0.25) is 0 Å². The number of nitrogens with zero attached hydrogens (tertiary/aromatic N) is 2. The third-order valence-corrected chi connectivity index (χ3v) is 4.62. The molecule has 0 aliphatic heterocycles. The Morgan fingerprint density at radius 1 is 1.53 bits per heavy atom. The van der Waals surface area contributed by atoms with Gasteiger partial charge < -0.3 is 4.42 Å². The maximum absolute atomic E-state index is 9.57. The lowest BCUT2D eigenvalue weighted by Gasteiger charge is -2.27. The molecule has 0 bridgehead atoms. The van der Waals surface area contributed by atoms with Gasteiger partial charge in [-0.25, -0.2) is 4.98 Å². The van der Waals surface area contributed by atoms with Crippen molar-refractivity contribution in [3.63, 3.8) is 0 Å². The van der Waals surface area contributed by atoms with Crippen LogP contribution in [0.5, 0.6) is 0 Å². The zero-order valence-corrected chi connectivity index (χ0v) is 12.6. The molecule has 1 aromatic heterocycles. The highest BCUT2D eigenvalue weighted by Gasteiger charge is 2.45. The van der Waals surface area contributed by atoms with Gasteiger partial charge in [0, 0.05) is 5.75 Å². The Bertz CT molecular complexity index is 456. The summed E-state index contributed by atoms with van der Waals surface area (Å²) in [6.45, 7) is 6.86. The summed E-state index contributed by atoms with van der Waals surface area (Å²) in [5.41, 5.74) is 0.509. The minimum Gasteiger partial charge on any atom is -0.437 e. The van der Waals surface area contributed by atoms with Crippen molar-refractivity contribution in [1.82, 2.24) is 10.3 Å². The number of rotatable bonds is 7. The van der Waals surface area contributed by atoms with Gasteiger partial charge in [0.15, 0.2) is 0 Å². The number of nitrogens with one attached hydrogen (secondary N) is 1. The van der Waals surface area contributed by atoms with Crippen molar-refractivity contribution in [3.8, 4) is 6.07 Å². The predicted octanol–water partition coefficient (Wildman–Crippen LogP) is 3.06. The van der Waals surface area contributed by atoms with Crippen LogP contribution in [-0.4, -0.2) is 22.8 Å². The molecule has 1 saturated carbocycles. The summed E-state index contributed by atoms with van der Waals surface area (Å²) < 4.78 is 5.57. The van der Waals surface area contributed by atoms with Crippen LogP contribution >= 0.6 is 11.8 Å². The summed E-state index contributed by atoms with van der Waals surface area (Å²) in [6, 6.07) is 2.50. The van der Waals surface area contributed by atoms with Crippen molar-refractivity contribution in [1.29, 1.82) is 5.26 Å². The number of hydrogen-bond donors (Lipinski definition) is 1. The Morgan fingerprint density at radius 3 is 2.74 bits per heavy atom. The van der Waals surface area contributed by atoms with Gasteiger partial charge in [-0.1, -0.05) is 18.7 Å². The summed E-state index contributed by atoms with van der Waals surface area (Å²) >= 11 is 1.54. The lowest BCUT2D eigenvalue weighted by atomic mass is 9.97. The van der Waals surface area contributed by atoms with Gasteiger partial charge in [-0.05, 0) is 45.6 Å². The zero-order valence-electron chi connectivity index (χ0n) is 11.8. The number of thioether (sulfide) groups is 1. The minimum atomic E-state index is -0.420. The molecule has 104 valence electrons. The second kappa shape index (κ2) is 5.98. The van der Waals surface area contributed by atoms with E-state index in [1.165, 1.54) is 0 Å². The first-order chi connectivity index (χ1) is 9.11. The molecule has 1 heterocycles.